The van der Waals surface area contributed by atoms with E-state index in [1.54, 1.807) is 6.92 Å². The molecule has 0 saturated carbocycles. The van der Waals surface area contributed by atoms with Crippen molar-refractivity contribution in [3.8, 4) is 0 Å². The number of rotatable bonds is 5. The van der Waals surface area contributed by atoms with Gasteiger partial charge in [-0.2, -0.15) is 0 Å². The Balaban J connectivity index is 2.55. The molecule has 1 amide bonds. The summed E-state index contributed by atoms with van der Waals surface area (Å²) >= 11 is 0. The molecule has 0 spiro atoms. The lowest BCUT2D eigenvalue weighted by molar-refractivity contribution is -0.120. The Kier molecular flexibility index (Phi) is 5.18. The molecule has 0 aromatic carbocycles. The van der Waals surface area contributed by atoms with Crippen molar-refractivity contribution >= 4 is 5.91 Å². The number of primary amides is 1. The van der Waals surface area contributed by atoms with E-state index >= 15 is 0 Å². The molecule has 3 atom stereocenters. The first kappa shape index (κ1) is 13.4. The second kappa shape index (κ2) is 6.18. The molecule has 1 rings (SSSR count). The van der Waals surface area contributed by atoms with Gasteiger partial charge in [0, 0.05) is 19.1 Å². The number of hydrogen-bond acceptors (Lipinski definition) is 4. The smallest absolute Gasteiger partial charge is 0.231 e. The van der Waals surface area contributed by atoms with Gasteiger partial charge in [-0.15, -0.1) is 0 Å². The highest BCUT2D eigenvalue weighted by Crippen LogP contribution is 2.19. The van der Waals surface area contributed by atoms with Crippen LogP contribution in [0, 0.1) is 5.92 Å². The number of aliphatic hydroxyl groups excluding tert-OH is 1. The Morgan fingerprint density at radius 2 is 2.31 bits per heavy atom. The fourth-order valence-electron chi connectivity index (χ4n) is 2.37. The number of likely N-dealkylation sites (tertiary alicyclic amines) is 1. The van der Waals surface area contributed by atoms with Crippen LogP contribution < -0.4 is 11.1 Å². The van der Waals surface area contributed by atoms with Gasteiger partial charge in [0.05, 0.1) is 12.6 Å². The van der Waals surface area contributed by atoms with Crippen molar-refractivity contribution in [2.45, 2.75) is 32.4 Å². The standard InChI is InChI=1S/C11H23N3O2/c1-3-13-10-4-9(8(2)15)5-14(6-10)7-11(12)16/h8-10,13,15H,3-7H2,1-2H3,(H2,12,16). The van der Waals surface area contributed by atoms with Crippen LogP contribution in [0.3, 0.4) is 0 Å². The molecule has 0 bridgehead atoms. The van der Waals surface area contributed by atoms with Gasteiger partial charge in [-0.25, -0.2) is 0 Å². The predicted molar refractivity (Wildman–Crippen MR) is 62.9 cm³/mol. The van der Waals surface area contributed by atoms with Crippen molar-refractivity contribution in [1.29, 1.82) is 0 Å². The summed E-state index contributed by atoms with van der Waals surface area (Å²) in [7, 11) is 0. The van der Waals surface area contributed by atoms with Crippen LogP contribution >= 0.6 is 0 Å². The van der Waals surface area contributed by atoms with Gasteiger partial charge in [0.2, 0.25) is 5.91 Å². The third kappa shape index (κ3) is 4.08. The zero-order chi connectivity index (χ0) is 12.1. The molecule has 0 aromatic heterocycles. The summed E-state index contributed by atoms with van der Waals surface area (Å²) in [6, 6.07) is 0.345. The Morgan fingerprint density at radius 3 is 2.81 bits per heavy atom. The fourth-order valence-corrected chi connectivity index (χ4v) is 2.37. The average molecular weight is 229 g/mol. The van der Waals surface area contributed by atoms with E-state index in [1.165, 1.54) is 0 Å². The predicted octanol–water partition coefficient (Wildman–Crippen LogP) is -0.847. The average Bonchev–Trinajstić information content (AvgIpc) is 2.16. The second-order valence-electron chi connectivity index (χ2n) is 4.65. The number of likely N-dealkylation sites (N-methyl/N-ethyl adjacent to an activating group) is 1. The molecule has 16 heavy (non-hydrogen) atoms. The van der Waals surface area contributed by atoms with Crippen LogP contribution in [-0.4, -0.2) is 54.2 Å². The Morgan fingerprint density at radius 1 is 1.62 bits per heavy atom. The van der Waals surface area contributed by atoms with Crippen LogP contribution in [-0.2, 0) is 4.79 Å². The topological polar surface area (TPSA) is 78.6 Å². The van der Waals surface area contributed by atoms with Crippen molar-refractivity contribution in [3.05, 3.63) is 0 Å². The van der Waals surface area contributed by atoms with Gasteiger partial charge in [0.15, 0.2) is 0 Å². The molecule has 1 aliphatic rings. The number of amides is 1. The maximum atomic E-state index is 10.9. The lowest BCUT2D eigenvalue weighted by atomic mass is 9.90. The molecule has 1 saturated heterocycles. The van der Waals surface area contributed by atoms with Crippen LogP contribution in [0.5, 0.6) is 0 Å². The minimum Gasteiger partial charge on any atom is -0.393 e. The van der Waals surface area contributed by atoms with Crippen LogP contribution in [0.25, 0.3) is 0 Å². The number of nitrogens with one attached hydrogen (secondary N) is 1. The van der Waals surface area contributed by atoms with Gasteiger partial charge in [0.25, 0.3) is 0 Å². The quantitative estimate of drug-likeness (QED) is 0.574. The number of carbonyl (C=O) groups is 1. The maximum Gasteiger partial charge on any atom is 0.231 e. The van der Waals surface area contributed by atoms with Crippen molar-refractivity contribution in [2.24, 2.45) is 11.7 Å². The molecule has 4 N–H and O–H groups in total. The third-order valence-corrected chi connectivity index (χ3v) is 3.11. The van der Waals surface area contributed by atoms with Crippen molar-refractivity contribution in [2.75, 3.05) is 26.2 Å². The van der Waals surface area contributed by atoms with Crippen molar-refractivity contribution in [1.82, 2.24) is 10.2 Å². The van der Waals surface area contributed by atoms with E-state index in [0.29, 0.717) is 6.04 Å². The number of piperidine rings is 1. The zero-order valence-electron chi connectivity index (χ0n) is 10.1. The summed E-state index contributed by atoms with van der Waals surface area (Å²) in [5, 5.41) is 13.0. The van der Waals surface area contributed by atoms with E-state index in [9.17, 15) is 9.90 Å². The SMILES string of the molecule is CCNC1CC(C(C)O)CN(CC(N)=O)C1. The zero-order valence-corrected chi connectivity index (χ0v) is 10.1. The molecular formula is C11H23N3O2. The van der Waals surface area contributed by atoms with Gasteiger partial charge in [-0.1, -0.05) is 6.92 Å². The highest BCUT2D eigenvalue weighted by Gasteiger charge is 2.29. The summed E-state index contributed by atoms with van der Waals surface area (Å²) in [5.41, 5.74) is 5.20. The number of aliphatic hydroxyl groups is 1. The largest absolute Gasteiger partial charge is 0.393 e. The van der Waals surface area contributed by atoms with Crippen LogP contribution in [0.2, 0.25) is 0 Å². The molecule has 0 aliphatic carbocycles. The molecule has 5 nitrogen and oxygen atoms in total. The van der Waals surface area contributed by atoms with Gasteiger partial charge in [-0.05, 0) is 25.8 Å². The molecule has 5 heteroatoms. The van der Waals surface area contributed by atoms with Crippen LogP contribution in [0.4, 0.5) is 0 Å². The molecular weight excluding hydrogens is 206 g/mol. The normalized spacial score (nSPS) is 28.9. The van der Waals surface area contributed by atoms with E-state index in [4.69, 9.17) is 5.73 Å². The van der Waals surface area contributed by atoms with Gasteiger partial charge in [0.1, 0.15) is 0 Å². The first-order valence-corrected chi connectivity index (χ1v) is 5.95. The molecule has 0 aromatic rings. The minimum absolute atomic E-state index is 0.220. The molecule has 1 fully saturated rings. The molecule has 94 valence electrons. The minimum atomic E-state index is -0.336. The third-order valence-electron chi connectivity index (χ3n) is 3.11. The van der Waals surface area contributed by atoms with Gasteiger partial charge < -0.3 is 16.2 Å². The molecule has 3 unspecified atom stereocenters. The van der Waals surface area contributed by atoms with Crippen LogP contribution in [0.15, 0.2) is 0 Å². The first-order valence-electron chi connectivity index (χ1n) is 5.95. The number of carbonyl (C=O) groups excluding carboxylic acids is 1. The monoisotopic (exact) mass is 229 g/mol. The van der Waals surface area contributed by atoms with Crippen molar-refractivity contribution in [3.63, 3.8) is 0 Å². The first-order chi connectivity index (χ1) is 7.52. The molecule has 1 heterocycles. The lowest BCUT2D eigenvalue weighted by Gasteiger charge is -2.38. The highest BCUT2D eigenvalue weighted by atomic mass is 16.3. The molecule has 1 aliphatic heterocycles. The Labute approximate surface area is 97.0 Å². The van der Waals surface area contributed by atoms with Gasteiger partial charge in [-0.3, -0.25) is 9.69 Å². The van der Waals surface area contributed by atoms with Crippen molar-refractivity contribution < 1.29 is 9.90 Å². The highest BCUT2D eigenvalue weighted by molar-refractivity contribution is 5.75. The number of nitrogens with zero attached hydrogens (tertiary/aromatic N) is 1. The Bertz CT molecular complexity index is 233. The fraction of sp³-hybridized carbons (Fsp3) is 0.909. The summed E-state index contributed by atoms with van der Waals surface area (Å²) < 4.78 is 0. The second-order valence-corrected chi connectivity index (χ2v) is 4.65. The summed E-state index contributed by atoms with van der Waals surface area (Å²) in [4.78, 5) is 12.9. The van der Waals surface area contributed by atoms with E-state index in [-0.39, 0.29) is 24.5 Å². The Hall–Kier alpha value is -0.650. The lowest BCUT2D eigenvalue weighted by Crippen LogP contribution is -2.53. The maximum absolute atomic E-state index is 10.9. The summed E-state index contributed by atoms with van der Waals surface area (Å²) in [6.07, 6.45) is 0.623. The number of nitrogens with two attached hydrogens (primary N) is 1. The van der Waals surface area contributed by atoms with E-state index in [1.807, 2.05) is 4.90 Å². The van der Waals surface area contributed by atoms with E-state index in [2.05, 4.69) is 12.2 Å². The van der Waals surface area contributed by atoms with E-state index in [0.717, 1.165) is 26.1 Å². The van der Waals surface area contributed by atoms with Crippen LogP contribution in [0.1, 0.15) is 20.3 Å². The number of hydrogen-bond donors (Lipinski definition) is 3. The summed E-state index contributed by atoms with van der Waals surface area (Å²) in [5.74, 6) is -0.0846. The summed E-state index contributed by atoms with van der Waals surface area (Å²) in [6.45, 7) is 6.64. The van der Waals surface area contributed by atoms with E-state index < -0.39 is 0 Å². The van der Waals surface area contributed by atoms with Gasteiger partial charge >= 0.3 is 0 Å². The molecule has 0 radical (unpaired) electrons.